The van der Waals surface area contributed by atoms with Crippen LogP contribution >= 0.6 is 21.6 Å². The van der Waals surface area contributed by atoms with E-state index in [0.717, 1.165) is 49.0 Å². The molecule has 0 aliphatic carbocycles. The maximum atomic E-state index is 14.9. The molecule has 1 aliphatic heterocycles. The first-order valence-corrected chi connectivity index (χ1v) is 29.1. The molecule has 1 aliphatic rings. The molecule has 1 fully saturated rings. The Bertz CT molecular complexity index is 3140. The van der Waals surface area contributed by atoms with E-state index in [2.05, 4.69) is 47.2 Å². The fourth-order valence-corrected chi connectivity index (χ4v) is 11.6. The number of aromatic amines is 2. The van der Waals surface area contributed by atoms with Gasteiger partial charge in [-0.15, -0.1) is 0 Å². The number of amides is 7. The lowest BCUT2D eigenvalue weighted by Gasteiger charge is -2.29. The van der Waals surface area contributed by atoms with Crippen molar-refractivity contribution >= 4 is 90.7 Å². The number of para-hydroxylation sites is 2. The van der Waals surface area contributed by atoms with Gasteiger partial charge in [-0.3, -0.25) is 33.6 Å². The molecule has 0 radical (unpaired) electrons. The number of H-pyrrole nitrogens is 2. The molecule has 3 heterocycles. The zero-order chi connectivity index (χ0) is 58.0. The van der Waals surface area contributed by atoms with Gasteiger partial charge in [0.15, 0.2) is 0 Å². The van der Waals surface area contributed by atoms with E-state index >= 15 is 0 Å². The van der Waals surface area contributed by atoms with Crippen molar-refractivity contribution in [2.45, 2.75) is 113 Å². The average Bonchev–Trinajstić information content (AvgIpc) is 4.08. The maximum Gasteiger partial charge on any atom is 0.326 e. The van der Waals surface area contributed by atoms with Gasteiger partial charge in [-0.05, 0) is 79.3 Å². The van der Waals surface area contributed by atoms with Gasteiger partial charge in [-0.1, -0.05) is 113 Å². The van der Waals surface area contributed by atoms with E-state index in [-0.39, 0.29) is 49.4 Å². The van der Waals surface area contributed by atoms with E-state index in [1.807, 2.05) is 36.4 Å². The highest BCUT2D eigenvalue weighted by Gasteiger charge is 2.37. The number of aliphatic hydroxyl groups excluding tert-OH is 1. The average molecular weight is 1150 g/mol. The molecule has 22 nitrogen and oxygen atoms in total. The van der Waals surface area contributed by atoms with Gasteiger partial charge < -0.3 is 74.0 Å². The number of carboxylic acid groups (broad SMARTS) is 1. The summed E-state index contributed by atoms with van der Waals surface area (Å²) in [4.78, 5) is 121. The normalized spacial score (nSPS) is 21.1. The van der Waals surface area contributed by atoms with Crippen molar-refractivity contribution in [1.82, 2.24) is 47.2 Å². The highest BCUT2D eigenvalue weighted by atomic mass is 33.1. The monoisotopic (exact) mass is 1150 g/mol. The second kappa shape index (κ2) is 29.5. The summed E-state index contributed by atoms with van der Waals surface area (Å²) in [6, 6.07) is 17.8. The van der Waals surface area contributed by atoms with Gasteiger partial charge in [0.1, 0.15) is 48.0 Å². The minimum Gasteiger partial charge on any atom is -0.508 e. The van der Waals surface area contributed by atoms with Crippen LogP contribution in [0.15, 0.2) is 116 Å². The highest BCUT2D eigenvalue weighted by Crippen LogP contribution is 2.25. The van der Waals surface area contributed by atoms with Crippen LogP contribution in [0.3, 0.4) is 0 Å². The van der Waals surface area contributed by atoms with E-state index < -0.39 is 102 Å². The van der Waals surface area contributed by atoms with E-state index in [0.29, 0.717) is 42.5 Å². The Morgan fingerprint density at radius 2 is 1.22 bits per heavy atom. The first-order valence-electron chi connectivity index (χ1n) is 26.6. The van der Waals surface area contributed by atoms with E-state index in [1.54, 1.807) is 67.0 Å². The molecule has 0 spiro atoms. The Morgan fingerprint density at radius 3 is 1.88 bits per heavy atom. The molecule has 0 unspecified atom stereocenters. The fraction of sp³-hybridized carbons (Fsp3) is 0.368. The number of nitrogens with one attached hydrogen (secondary N) is 9. The number of unbranched alkanes of at least 4 members (excludes halogenated alkanes) is 2. The SMILES string of the molecule is C[C@@H](O)[C@@H]1NC(=O)[C@H](CCCCCN)NC(=O)[C@@H](Cc2c[nH]c3ccccc23)NC(=O)[C@H](Cc2ccc(O)cc2)NC(=O)[C@@H](NC(=O)[C@H](N)Cc2ccccc2)CSSC[C@@H](C(=O)N[C@@H](Cc2c[nH]c3ccccc23)C(=O)O)NC1=O. The quantitative estimate of drug-likeness (QED) is 0.0406. The number of fused-ring (bicyclic) bond motifs is 2. The lowest BCUT2D eigenvalue weighted by atomic mass is 10.0. The predicted octanol–water partition coefficient (Wildman–Crippen LogP) is 1.73. The Labute approximate surface area is 475 Å². The zero-order valence-corrected chi connectivity index (χ0v) is 46.2. The molecule has 9 atom stereocenters. The molecule has 2 aromatic heterocycles. The van der Waals surface area contributed by atoms with Gasteiger partial charge in [0.25, 0.3) is 0 Å². The van der Waals surface area contributed by atoms with Crippen molar-refractivity contribution in [1.29, 1.82) is 0 Å². The summed E-state index contributed by atoms with van der Waals surface area (Å²) in [5, 5.41) is 51.9. The fourth-order valence-electron chi connectivity index (χ4n) is 9.31. The van der Waals surface area contributed by atoms with Crippen molar-refractivity contribution in [3.05, 3.63) is 138 Å². The molecule has 7 amide bonds. The van der Waals surface area contributed by atoms with Gasteiger partial charge in [-0.2, -0.15) is 0 Å². The largest absolute Gasteiger partial charge is 0.508 e. The number of hydrogen-bond donors (Lipinski definition) is 14. The number of benzene rings is 4. The standard InChI is InChI=1S/C57H69N11O11S2/c1-32(69)49-56(77)67-48(55(76)65-46(57(78)79)27-36-29-61-42-17-10-8-15-39(36)42)31-81-80-30-47(66-50(71)40(59)24-33-12-4-2-5-13-33)54(75)63-44(25-34-19-21-37(70)22-20-34)52(73)64-45(26-35-28-60-41-16-9-7-14-38(35)41)53(74)62-43(51(72)68-49)18-6-3-11-23-58/h2,4-5,7-10,12-17,19-22,28-29,32,40,43-49,60-61,69-70H,3,6,11,18,23-27,30-31,58-59H2,1H3,(H,62,74)(H,63,75)(H,64,73)(H,65,76)(H,66,71)(H,67,77)(H,68,72)(H,78,79)/t32-,40-,43+,44+,45-,46+,47+,48+,49+/m1/s1. The number of carbonyl (C=O) groups is 8. The number of phenols is 1. The zero-order valence-electron chi connectivity index (χ0n) is 44.5. The minimum absolute atomic E-state index is 0.0209. The summed E-state index contributed by atoms with van der Waals surface area (Å²) in [7, 11) is 1.97. The number of aromatic nitrogens is 2. The predicted molar refractivity (Wildman–Crippen MR) is 309 cm³/mol. The van der Waals surface area contributed by atoms with Crippen molar-refractivity contribution in [2.75, 3.05) is 18.1 Å². The third-order valence-electron chi connectivity index (χ3n) is 13.8. The van der Waals surface area contributed by atoms with Crippen molar-refractivity contribution < 1.29 is 53.7 Å². The topological polar surface area (TPSA) is 365 Å². The first-order chi connectivity index (χ1) is 39.0. The van der Waals surface area contributed by atoms with Gasteiger partial charge in [0.05, 0.1) is 12.1 Å². The van der Waals surface area contributed by atoms with Crippen LogP contribution in [0.5, 0.6) is 5.75 Å². The highest BCUT2D eigenvalue weighted by molar-refractivity contribution is 8.76. The first kappa shape index (κ1) is 60.7. The summed E-state index contributed by atoms with van der Waals surface area (Å²) in [6.07, 6.45) is 2.91. The molecule has 0 bridgehead atoms. The Hall–Kier alpha value is -7.90. The van der Waals surface area contributed by atoms with Gasteiger partial charge >= 0.3 is 5.97 Å². The van der Waals surface area contributed by atoms with Crippen LogP contribution in [-0.2, 0) is 64.0 Å². The number of nitrogens with two attached hydrogens (primary N) is 2. The summed E-state index contributed by atoms with van der Waals surface area (Å²) < 4.78 is 0. The molecular weight excluding hydrogens is 1080 g/mol. The Morgan fingerprint density at radius 1 is 0.642 bits per heavy atom. The van der Waals surface area contributed by atoms with Crippen LogP contribution in [0.1, 0.15) is 54.9 Å². The van der Waals surface area contributed by atoms with E-state index in [4.69, 9.17) is 11.5 Å². The van der Waals surface area contributed by atoms with Crippen LogP contribution in [-0.4, -0.2) is 145 Å². The van der Waals surface area contributed by atoms with Gasteiger partial charge in [-0.25, -0.2) is 4.79 Å². The molecule has 430 valence electrons. The van der Waals surface area contributed by atoms with Crippen molar-refractivity contribution in [3.8, 4) is 5.75 Å². The van der Waals surface area contributed by atoms with E-state index in [1.165, 1.54) is 19.1 Å². The number of phenolic OH excluding ortho intramolecular Hbond substituents is 1. The third kappa shape index (κ3) is 17.3. The second-order valence-corrected chi connectivity index (χ2v) is 22.5. The van der Waals surface area contributed by atoms with Crippen molar-refractivity contribution in [3.63, 3.8) is 0 Å². The summed E-state index contributed by atoms with van der Waals surface area (Å²) >= 11 is 0. The molecule has 1 saturated heterocycles. The number of aliphatic hydroxyl groups is 1. The maximum absolute atomic E-state index is 14.9. The number of rotatable bonds is 19. The van der Waals surface area contributed by atoms with Gasteiger partial charge in [0.2, 0.25) is 41.4 Å². The van der Waals surface area contributed by atoms with Crippen molar-refractivity contribution in [2.24, 2.45) is 11.5 Å². The van der Waals surface area contributed by atoms with E-state index in [9.17, 15) is 53.7 Å². The summed E-state index contributed by atoms with van der Waals surface area (Å²) in [5.74, 6) is -8.00. The molecule has 81 heavy (non-hydrogen) atoms. The molecule has 7 rings (SSSR count). The molecule has 6 aromatic rings. The van der Waals surface area contributed by atoms with Gasteiger partial charge in [0, 0.05) is 65.0 Å². The lowest BCUT2D eigenvalue weighted by molar-refractivity contribution is -0.142. The van der Waals surface area contributed by atoms with Crippen LogP contribution in [0.25, 0.3) is 21.8 Å². The third-order valence-corrected chi connectivity index (χ3v) is 16.2. The number of aromatic hydroxyl groups is 1. The number of carbonyl (C=O) groups excluding carboxylic acids is 7. The van der Waals surface area contributed by atoms with Crippen LogP contribution in [0.2, 0.25) is 0 Å². The number of carboxylic acids is 1. The Kier molecular flexibility index (Phi) is 22.1. The molecular formula is C57H69N11O11S2. The Balaban J connectivity index is 1.25. The lowest BCUT2D eigenvalue weighted by Crippen LogP contribution is -2.62. The molecule has 4 aromatic carbocycles. The summed E-state index contributed by atoms with van der Waals surface area (Å²) in [6.45, 7) is 1.59. The smallest absolute Gasteiger partial charge is 0.326 e. The molecule has 16 N–H and O–H groups in total. The molecule has 0 saturated carbocycles. The number of aliphatic carboxylic acids is 1. The van der Waals surface area contributed by atoms with Crippen LogP contribution < -0.4 is 48.7 Å². The second-order valence-electron chi connectivity index (χ2n) is 19.9. The van der Waals surface area contributed by atoms with Crippen LogP contribution in [0.4, 0.5) is 0 Å². The van der Waals surface area contributed by atoms with Crippen LogP contribution in [0, 0.1) is 0 Å². The minimum atomic E-state index is -1.73. The number of hydrogen-bond acceptors (Lipinski definition) is 14. The summed E-state index contributed by atoms with van der Waals surface area (Å²) in [5.41, 5.74) is 16.1. The molecule has 24 heteroatoms.